The lowest BCUT2D eigenvalue weighted by molar-refractivity contribution is -0.123. The standard InChI is InChI=1S/C15H16N2O3/c1-11-4-3-5-12(2)15(11)20-10-14(18)17-16-8-13-6-7-19-9-13/h3-9H,10H2,1-2H3,(H,17,18). The summed E-state index contributed by atoms with van der Waals surface area (Å²) in [6.45, 7) is 3.81. The molecule has 0 unspecified atom stereocenters. The number of para-hydroxylation sites is 1. The van der Waals surface area contributed by atoms with Crippen molar-refractivity contribution in [2.45, 2.75) is 13.8 Å². The summed E-state index contributed by atoms with van der Waals surface area (Å²) in [5.74, 6) is 0.425. The molecule has 0 saturated carbocycles. The highest BCUT2D eigenvalue weighted by atomic mass is 16.5. The molecule has 0 bridgehead atoms. The number of rotatable bonds is 5. The van der Waals surface area contributed by atoms with Crippen LogP contribution in [0.5, 0.6) is 5.75 Å². The maximum atomic E-state index is 11.6. The van der Waals surface area contributed by atoms with E-state index in [-0.39, 0.29) is 12.5 Å². The number of hydrogen-bond acceptors (Lipinski definition) is 4. The fourth-order valence-corrected chi connectivity index (χ4v) is 1.72. The van der Waals surface area contributed by atoms with Gasteiger partial charge >= 0.3 is 0 Å². The van der Waals surface area contributed by atoms with Crippen LogP contribution in [0.2, 0.25) is 0 Å². The number of nitrogens with one attached hydrogen (secondary N) is 1. The number of furan rings is 1. The molecule has 1 aromatic heterocycles. The molecule has 0 aliphatic carbocycles. The van der Waals surface area contributed by atoms with E-state index in [0.717, 1.165) is 22.4 Å². The number of nitrogens with zero attached hydrogens (tertiary/aromatic N) is 1. The number of aryl methyl sites for hydroxylation is 2. The van der Waals surface area contributed by atoms with Crippen LogP contribution >= 0.6 is 0 Å². The van der Waals surface area contributed by atoms with E-state index in [0.29, 0.717) is 0 Å². The summed E-state index contributed by atoms with van der Waals surface area (Å²) in [5, 5.41) is 3.81. The van der Waals surface area contributed by atoms with Crippen molar-refractivity contribution in [1.82, 2.24) is 5.43 Å². The minimum absolute atomic E-state index is 0.0750. The zero-order valence-corrected chi connectivity index (χ0v) is 11.4. The summed E-state index contributed by atoms with van der Waals surface area (Å²) in [6.07, 6.45) is 4.57. The Morgan fingerprint density at radius 2 is 2.10 bits per heavy atom. The summed E-state index contributed by atoms with van der Waals surface area (Å²) in [7, 11) is 0. The fraction of sp³-hybridized carbons (Fsp3) is 0.200. The molecule has 1 amide bonds. The van der Waals surface area contributed by atoms with Crippen molar-refractivity contribution in [3.63, 3.8) is 0 Å². The quantitative estimate of drug-likeness (QED) is 0.671. The van der Waals surface area contributed by atoms with E-state index < -0.39 is 0 Å². The van der Waals surface area contributed by atoms with Gasteiger partial charge < -0.3 is 9.15 Å². The molecule has 2 aromatic rings. The van der Waals surface area contributed by atoms with Crippen molar-refractivity contribution in [2.75, 3.05) is 6.61 Å². The zero-order chi connectivity index (χ0) is 14.4. The van der Waals surface area contributed by atoms with Gasteiger partial charge in [-0.1, -0.05) is 18.2 Å². The Hall–Kier alpha value is -2.56. The average Bonchev–Trinajstić information content (AvgIpc) is 2.91. The van der Waals surface area contributed by atoms with E-state index in [4.69, 9.17) is 9.15 Å². The van der Waals surface area contributed by atoms with Crippen molar-refractivity contribution in [2.24, 2.45) is 5.10 Å². The fourth-order valence-electron chi connectivity index (χ4n) is 1.72. The van der Waals surface area contributed by atoms with Crippen LogP contribution in [-0.2, 0) is 4.79 Å². The van der Waals surface area contributed by atoms with E-state index in [1.54, 1.807) is 6.07 Å². The number of hydrazone groups is 1. The van der Waals surface area contributed by atoms with Gasteiger partial charge in [-0.3, -0.25) is 4.79 Å². The second kappa shape index (κ2) is 6.56. The van der Waals surface area contributed by atoms with Gasteiger partial charge in [0.25, 0.3) is 5.91 Å². The Labute approximate surface area is 117 Å². The molecule has 5 nitrogen and oxygen atoms in total. The van der Waals surface area contributed by atoms with Gasteiger partial charge in [-0.2, -0.15) is 5.10 Å². The monoisotopic (exact) mass is 272 g/mol. The van der Waals surface area contributed by atoms with Gasteiger partial charge in [0.1, 0.15) is 5.75 Å². The third-order valence-electron chi connectivity index (χ3n) is 2.70. The zero-order valence-electron chi connectivity index (χ0n) is 11.4. The molecule has 0 fully saturated rings. The summed E-state index contributed by atoms with van der Waals surface area (Å²) in [4.78, 5) is 11.6. The molecule has 0 saturated heterocycles. The van der Waals surface area contributed by atoms with Crippen LogP contribution in [0.1, 0.15) is 16.7 Å². The second-order valence-electron chi connectivity index (χ2n) is 4.36. The molecule has 0 aliphatic heterocycles. The predicted octanol–water partition coefficient (Wildman–Crippen LogP) is 2.43. The molecular weight excluding hydrogens is 256 g/mol. The van der Waals surface area contributed by atoms with Crippen molar-refractivity contribution in [3.05, 3.63) is 53.5 Å². The molecule has 0 aliphatic rings. The van der Waals surface area contributed by atoms with Crippen molar-refractivity contribution in [1.29, 1.82) is 0 Å². The maximum Gasteiger partial charge on any atom is 0.277 e. The number of carbonyl (C=O) groups excluding carboxylic acids is 1. The van der Waals surface area contributed by atoms with Crippen LogP contribution in [0.25, 0.3) is 0 Å². The number of carbonyl (C=O) groups is 1. The lowest BCUT2D eigenvalue weighted by Crippen LogP contribution is -2.24. The SMILES string of the molecule is Cc1cccc(C)c1OCC(=O)NN=Cc1ccoc1. The average molecular weight is 272 g/mol. The van der Waals surface area contributed by atoms with Gasteiger partial charge in [0.15, 0.2) is 6.61 Å². The molecule has 0 radical (unpaired) electrons. The molecule has 5 heteroatoms. The number of amides is 1. The van der Waals surface area contributed by atoms with E-state index in [9.17, 15) is 4.79 Å². The first-order valence-corrected chi connectivity index (χ1v) is 6.20. The first kappa shape index (κ1) is 13.9. The molecule has 1 aromatic carbocycles. The van der Waals surface area contributed by atoms with Crippen LogP contribution < -0.4 is 10.2 Å². The van der Waals surface area contributed by atoms with Crippen LogP contribution in [0, 0.1) is 13.8 Å². The minimum Gasteiger partial charge on any atom is -0.483 e. The first-order chi connectivity index (χ1) is 9.66. The van der Waals surface area contributed by atoms with Crippen LogP contribution in [0.4, 0.5) is 0 Å². The highest BCUT2D eigenvalue weighted by Crippen LogP contribution is 2.21. The Morgan fingerprint density at radius 3 is 2.75 bits per heavy atom. The van der Waals surface area contributed by atoms with Gasteiger partial charge in [0.05, 0.1) is 18.7 Å². The molecule has 20 heavy (non-hydrogen) atoms. The third kappa shape index (κ3) is 3.71. The Balaban J connectivity index is 1.83. The molecule has 1 N–H and O–H groups in total. The highest BCUT2D eigenvalue weighted by molar-refractivity contribution is 5.82. The van der Waals surface area contributed by atoms with E-state index >= 15 is 0 Å². The molecule has 104 valence electrons. The summed E-state index contributed by atoms with van der Waals surface area (Å²) >= 11 is 0. The smallest absolute Gasteiger partial charge is 0.277 e. The molecule has 1 heterocycles. The summed E-state index contributed by atoms with van der Waals surface area (Å²) < 4.78 is 10.4. The Bertz CT molecular complexity index is 583. The first-order valence-electron chi connectivity index (χ1n) is 6.20. The van der Waals surface area contributed by atoms with Crippen LogP contribution in [-0.4, -0.2) is 18.7 Å². The molecule has 2 rings (SSSR count). The Morgan fingerprint density at radius 1 is 1.35 bits per heavy atom. The molecule has 0 atom stereocenters. The van der Waals surface area contributed by atoms with E-state index in [1.807, 2.05) is 32.0 Å². The largest absolute Gasteiger partial charge is 0.483 e. The number of hydrogen-bond donors (Lipinski definition) is 1. The molecular formula is C15H16N2O3. The van der Waals surface area contributed by atoms with Crippen molar-refractivity contribution < 1.29 is 13.9 Å². The normalized spacial score (nSPS) is 10.7. The van der Waals surface area contributed by atoms with E-state index in [2.05, 4.69) is 10.5 Å². The lowest BCUT2D eigenvalue weighted by Gasteiger charge is -2.10. The third-order valence-corrected chi connectivity index (χ3v) is 2.70. The van der Waals surface area contributed by atoms with Crippen molar-refractivity contribution in [3.8, 4) is 5.75 Å². The van der Waals surface area contributed by atoms with Crippen molar-refractivity contribution >= 4 is 12.1 Å². The van der Waals surface area contributed by atoms with Crippen LogP contribution in [0.15, 0.2) is 46.3 Å². The number of benzene rings is 1. The van der Waals surface area contributed by atoms with Crippen LogP contribution in [0.3, 0.4) is 0 Å². The summed E-state index contributed by atoms with van der Waals surface area (Å²) in [6, 6.07) is 7.57. The van der Waals surface area contributed by atoms with Gasteiger partial charge in [0.2, 0.25) is 0 Å². The number of ether oxygens (including phenoxy) is 1. The van der Waals surface area contributed by atoms with E-state index in [1.165, 1.54) is 18.7 Å². The minimum atomic E-state index is -0.313. The van der Waals surface area contributed by atoms with Gasteiger partial charge in [-0.15, -0.1) is 0 Å². The molecule has 0 spiro atoms. The second-order valence-corrected chi connectivity index (χ2v) is 4.36. The highest BCUT2D eigenvalue weighted by Gasteiger charge is 2.06. The van der Waals surface area contributed by atoms with Gasteiger partial charge in [-0.05, 0) is 31.0 Å². The topological polar surface area (TPSA) is 63.8 Å². The predicted molar refractivity (Wildman–Crippen MR) is 75.9 cm³/mol. The lowest BCUT2D eigenvalue weighted by atomic mass is 10.1. The summed E-state index contributed by atoms with van der Waals surface area (Å²) in [5.41, 5.74) is 5.17. The van der Waals surface area contributed by atoms with Gasteiger partial charge in [0, 0.05) is 5.56 Å². The maximum absolute atomic E-state index is 11.6. The van der Waals surface area contributed by atoms with Gasteiger partial charge in [-0.25, -0.2) is 5.43 Å². The Kier molecular flexibility index (Phi) is 4.55.